The number of nitrogens with zero attached hydrogens (tertiary/aromatic N) is 6. The fourth-order valence-electron chi connectivity index (χ4n) is 3.41. The highest BCUT2D eigenvalue weighted by Crippen LogP contribution is 2.14. The number of hydrogen-bond acceptors (Lipinski definition) is 6. The van der Waals surface area contributed by atoms with Crippen molar-refractivity contribution in [2.45, 2.75) is 19.4 Å². The summed E-state index contributed by atoms with van der Waals surface area (Å²) >= 11 is 0. The maximum atomic E-state index is 5.40. The highest BCUT2D eigenvalue weighted by Gasteiger charge is 2.13. The molecule has 0 aliphatic carbocycles. The van der Waals surface area contributed by atoms with Crippen molar-refractivity contribution in [1.29, 1.82) is 0 Å². The van der Waals surface area contributed by atoms with E-state index in [9.17, 15) is 0 Å². The second-order valence-electron chi connectivity index (χ2n) is 6.98. The largest absolute Gasteiger partial charge is 0.379 e. The molecular weight excluding hydrogens is 340 g/mol. The number of morpholine rings is 1. The monoisotopic (exact) mass is 366 g/mol. The van der Waals surface area contributed by atoms with Gasteiger partial charge in [-0.15, -0.1) is 15.3 Å². The lowest BCUT2D eigenvalue weighted by Gasteiger charge is -2.26. The van der Waals surface area contributed by atoms with Crippen molar-refractivity contribution in [1.82, 2.24) is 24.7 Å². The van der Waals surface area contributed by atoms with Gasteiger partial charge in [-0.1, -0.05) is 30.3 Å². The fourth-order valence-corrected chi connectivity index (χ4v) is 3.41. The number of ether oxygens (including phenoxy) is 1. The molecule has 0 bridgehead atoms. The molecule has 7 nitrogen and oxygen atoms in total. The Labute approximate surface area is 159 Å². The quantitative estimate of drug-likeness (QED) is 0.638. The fraction of sp³-hybridized carbons (Fsp3) is 0.450. The smallest absolute Gasteiger partial charge is 0.178 e. The molecule has 0 spiro atoms. The molecule has 27 heavy (non-hydrogen) atoms. The Kier molecular flexibility index (Phi) is 5.60. The van der Waals surface area contributed by atoms with Crippen molar-refractivity contribution < 1.29 is 4.74 Å². The molecule has 0 N–H and O–H groups in total. The Hall–Kier alpha value is -2.51. The molecule has 0 atom stereocenters. The number of hydrogen-bond donors (Lipinski definition) is 0. The van der Waals surface area contributed by atoms with E-state index in [2.05, 4.69) is 51.3 Å². The second kappa shape index (κ2) is 8.45. The predicted molar refractivity (Wildman–Crippen MR) is 105 cm³/mol. The summed E-state index contributed by atoms with van der Waals surface area (Å²) in [5.74, 6) is 1.84. The average Bonchev–Trinajstić information content (AvgIpc) is 3.12. The van der Waals surface area contributed by atoms with Gasteiger partial charge in [-0.3, -0.25) is 4.90 Å². The Morgan fingerprint density at radius 3 is 2.67 bits per heavy atom. The number of aryl methyl sites for hydroxylation is 1. The summed E-state index contributed by atoms with van der Waals surface area (Å²) in [5, 5.41) is 13.4. The zero-order chi connectivity index (χ0) is 18.5. The van der Waals surface area contributed by atoms with Crippen LogP contribution in [0.15, 0.2) is 42.5 Å². The molecule has 0 amide bonds. The third-order valence-electron chi connectivity index (χ3n) is 4.95. The first-order chi connectivity index (χ1) is 13.3. The molecule has 2 aromatic heterocycles. The van der Waals surface area contributed by atoms with Crippen LogP contribution in [-0.4, -0.2) is 64.6 Å². The van der Waals surface area contributed by atoms with E-state index in [0.29, 0.717) is 0 Å². The summed E-state index contributed by atoms with van der Waals surface area (Å²) in [6.45, 7) is 5.60. The molecule has 0 unspecified atom stereocenters. The van der Waals surface area contributed by atoms with Gasteiger partial charge in [0.1, 0.15) is 5.82 Å². The molecule has 3 heterocycles. The van der Waals surface area contributed by atoms with E-state index in [0.717, 1.165) is 69.5 Å². The summed E-state index contributed by atoms with van der Waals surface area (Å²) < 4.78 is 7.29. The van der Waals surface area contributed by atoms with Crippen LogP contribution in [0.1, 0.15) is 17.8 Å². The molecule has 0 saturated carbocycles. The molecule has 1 aliphatic rings. The number of benzene rings is 1. The number of aromatic nitrogens is 4. The van der Waals surface area contributed by atoms with Gasteiger partial charge in [0.25, 0.3) is 0 Å². The van der Waals surface area contributed by atoms with Crippen LogP contribution in [0.4, 0.5) is 5.82 Å². The van der Waals surface area contributed by atoms with Crippen LogP contribution in [0.5, 0.6) is 0 Å². The third-order valence-corrected chi connectivity index (χ3v) is 4.95. The Balaban J connectivity index is 1.42. The van der Waals surface area contributed by atoms with Gasteiger partial charge in [0, 0.05) is 33.1 Å². The van der Waals surface area contributed by atoms with Crippen LogP contribution in [0.2, 0.25) is 0 Å². The lowest BCUT2D eigenvalue weighted by atomic mass is 10.2. The summed E-state index contributed by atoms with van der Waals surface area (Å²) in [6.07, 6.45) is 1.92. The van der Waals surface area contributed by atoms with Crippen LogP contribution >= 0.6 is 0 Å². The van der Waals surface area contributed by atoms with E-state index in [1.807, 2.05) is 22.7 Å². The second-order valence-corrected chi connectivity index (χ2v) is 6.98. The molecule has 7 heteroatoms. The zero-order valence-electron chi connectivity index (χ0n) is 15.8. The highest BCUT2D eigenvalue weighted by atomic mass is 16.5. The van der Waals surface area contributed by atoms with E-state index < -0.39 is 0 Å². The molecule has 3 aromatic rings. The first-order valence-corrected chi connectivity index (χ1v) is 9.56. The molecule has 4 rings (SSSR count). The van der Waals surface area contributed by atoms with E-state index in [1.54, 1.807) is 0 Å². The predicted octanol–water partition coefficient (Wildman–Crippen LogP) is 2.03. The lowest BCUT2D eigenvalue weighted by molar-refractivity contribution is 0.0374. The van der Waals surface area contributed by atoms with Crippen LogP contribution in [0.25, 0.3) is 5.65 Å². The molecule has 1 saturated heterocycles. The topological polar surface area (TPSA) is 58.8 Å². The molecule has 0 radical (unpaired) electrons. The van der Waals surface area contributed by atoms with Crippen LogP contribution in [0.3, 0.4) is 0 Å². The van der Waals surface area contributed by atoms with Crippen molar-refractivity contribution in [3.63, 3.8) is 0 Å². The minimum Gasteiger partial charge on any atom is -0.379 e. The summed E-state index contributed by atoms with van der Waals surface area (Å²) in [7, 11) is 2.06. The number of fused-ring (bicyclic) bond motifs is 1. The summed E-state index contributed by atoms with van der Waals surface area (Å²) in [5.41, 5.74) is 2.06. The van der Waals surface area contributed by atoms with Gasteiger partial charge in [-0.2, -0.15) is 4.52 Å². The van der Waals surface area contributed by atoms with E-state index in [1.165, 1.54) is 5.56 Å². The number of anilines is 1. The first kappa shape index (κ1) is 17.9. The van der Waals surface area contributed by atoms with Gasteiger partial charge in [-0.25, -0.2) is 0 Å². The first-order valence-electron chi connectivity index (χ1n) is 9.56. The highest BCUT2D eigenvalue weighted by molar-refractivity contribution is 5.45. The Bertz CT molecular complexity index is 859. The van der Waals surface area contributed by atoms with Crippen molar-refractivity contribution in [2.24, 2.45) is 0 Å². The summed E-state index contributed by atoms with van der Waals surface area (Å²) in [4.78, 5) is 4.59. The van der Waals surface area contributed by atoms with Crippen LogP contribution in [-0.2, 0) is 17.7 Å². The van der Waals surface area contributed by atoms with E-state index >= 15 is 0 Å². The Morgan fingerprint density at radius 2 is 1.85 bits per heavy atom. The molecule has 1 aliphatic heterocycles. The summed E-state index contributed by atoms with van der Waals surface area (Å²) in [6, 6.07) is 14.4. The maximum absolute atomic E-state index is 5.40. The van der Waals surface area contributed by atoms with E-state index in [-0.39, 0.29) is 0 Å². The average molecular weight is 366 g/mol. The van der Waals surface area contributed by atoms with Gasteiger partial charge in [0.15, 0.2) is 11.5 Å². The lowest BCUT2D eigenvalue weighted by Crippen LogP contribution is -2.37. The minimum absolute atomic E-state index is 0.799. The van der Waals surface area contributed by atoms with Gasteiger partial charge < -0.3 is 9.64 Å². The minimum atomic E-state index is 0.799. The number of rotatable bonds is 7. The van der Waals surface area contributed by atoms with Crippen molar-refractivity contribution in [3.05, 3.63) is 53.9 Å². The van der Waals surface area contributed by atoms with Crippen molar-refractivity contribution in [2.75, 3.05) is 44.8 Å². The normalized spacial score (nSPS) is 15.3. The maximum Gasteiger partial charge on any atom is 0.178 e. The van der Waals surface area contributed by atoms with Crippen molar-refractivity contribution >= 4 is 11.5 Å². The molecule has 142 valence electrons. The van der Waals surface area contributed by atoms with Crippen LogP contribution in [0, 0.1) is 0 Å². The molecular formula is C20H26N6O. The Morgan fingerprint density at radius 1 is 1.04 bits per heavy atom. The molecule has 1 aromatic carbocycles. The van der Waals surface area contributed by atoms with Gasteiger partial charge in [-0.05, 0) is 30.7 Å². The van der Waals surface area contributed by atoms with Crippen molar-refractivity contribution in [3.8, 4) is 0 Å². The van der Waals surface area contributed by atoms with Gasteiger partial charge >= 0.3 is 0 Å². The standard InChI is InChI=1S/C20H26N6O/c1-24(16-17-6-3-2-4-7-17)20-10-9-19-22-21-18(26(19)23-20)8-5-11-25-12-14-27-15-13-25/h2-4,6-7,9-10H,5,8,11-16H2,1H3. The van der Waals surface area contributed by atoms with Gasteiger partial charge in [0.2, 0.25) is 0 Å². The molecule has 1 fully saturated rings. The van der Waals surface area contributed by atoms with E-state index in [4.69, 9.17) is 9.84 Å². The van der Waals surface area contributed by atoms with Crippen LogP contribution < -0.4 is 4.90 Å². The third kappa shape index (κ3) is 4.43. The van der Waals surface area contributed by atoms with Gasteiger partial charge in [0.05, 0.1) is 13.2 Å². The zero-order valence-corrected chi connectivity index (χ0v) is 15.8. The SMILES string of the molecule is CN(Cc1ccccc1)c1ccc2nnc(CCCN3CCOCC3)n2n1.